The Morgan fingerprint density at radius 1 is 1.33 bits per heavy atom. The van der Waals surface area contributed by atoms with Crippen LogP contribution >= 0.6 is 11.8 Å². The van der Waals surface area contributed by atoms with E-state index in [-0.39, 0.29) is 17.2 Å². The van der Waals surface area contributed by atoms with Crippen LogP contribution in [-0.2, 0) is 4.74 Å². The van der Waals surface area contributed by atoms with Crippen molar-refractivity contribution in [1.82, 2.24) is 9.78 Å². The number of rotatable bonds is 2. The van der Waals surface area contributed by atoms with Crippen molar-refractivity contribution >= 4 is 22.6 Å². The standard InChI is InChI=1S/C19H21F2N3O2S/c1-10-22-17-15(16(27-10)11-4-5-13(20)14(21)8-11)18(25)23-24(17)12-6-7-26-19(2,3)9-12/h4-5,8,12,16H,6-7,9H2,1-3H3,(H,23,25)/t12-,16+/m1/s1. The molecule has 1 aromatic heterocycles. The van der Waals surface area contributed by atoms with Crippen LogP contribution in [0, 0.1) is 11.6 Å². The third-order valence-corrected chi connectivity index (χ3v) is 6.21. The van der Waals surface area contributed by atoms with Crippen molar-refractivity contribution in [1.29, 1.82) is 0 Å². The van der Waals surface area contributed by atoms with Gasteiger partial charge >= 0.3 is 0 Å². The molecule has 2 aromatic rings. The zero-order chi connectivity index (χ0) is 19.3. The number of halogens is 2. The van der Waals surface area contributed by atoms with E-state index in [2.05, 4.69) is 10.1 Å². The van der Waals surface area contributed by atoms with Gasteiger partial charge in [-0.25, -0.2) is 13.8 Å². The molecule has 1 N–H and O–H groups in total. The summed E-state index contributed by atoms with van der Waals surface area (Å²) in [5, 5.41) is 3.28. The Labute approximate surface area is 159 Å². The summed E-state index contributed by atoms with van der Waals surface area (Å²) >= 11 is 1.37. The molecular weight excluding hydrogens is 372 g/mol. The molecule has 3 heterocycles. The zero-order valence-electron chi connectivity index (χ0n) is 15.4. The molecule has 2 atom stereocenters. The van der Waals surface area contributed by atoms with Crippen molar-refractivity contribution in [3.8, 4) is 0 Å². The van der Waals surface area contributed by atoms with Gasteiger partial charge in [0.25, 0.3) is 5.56 Å². The third kappa shape index (κ3) is 3.36. The molecule has 5 nitrogen and oxygen atoms in total. The second-order valence-corrected chi connectivity index (χ2v) is 8.90. The van der Waals surface area contributed by atoms with Crippen LogP contribution in [0.1, 0.15) is 56.0 Å². The summed E-state index contributed by atoms with van der Waals surface area (Å²) in [4.78, 5) is 17.4. The molecule has 4 rings (SSSR count). The molecule has 27 heavy (non-hydrogen) atoms. The minimum Gasteiger partial charge on any atom is -0.375 e. The van der Waals surface area contributed by atoms with Crippen molar-refractivity contribution in [3.05, 3.63) is 51.3 Å². The quantitative estimate of drug-likeness (QED) is 0.819. The van der Waals surface area contributed by atoms with Gasteiger partial charge in [-0.1, -0.05) is 17.8 Å². The van der Waals surface area contributed by atoms with Crippen molar-refractivity contribution in [2.75, 3.05) is 6.61 Å². The van der Waals surface area contributed by atoms with Crippen LogP contribution in [0.2, 0.25) is 0 Å². The van der Waals surface area contributed by atoms with E-state index < -0.39 is 16.9 Å². The first kappa shape index (κ1) is 18.4. The minimum absolute atomic E-state index is 0.0652. The fourth-order valence-electron chi connectivity index (χ4n) is 3.80. The van der Waals surface area contributed by atoms with Gasteiger partial charge in [-0.3, -0.25) is 14.6 Å². The van der Waals surface area contributed by atoms with Crippen molar-refractivity contribution in [2.24, 2.45) is 4.99 Å². The summed E-state index contributed by atoms with van der Waals surface area (Å²) in [6.07, 6.45) is 1.53. The molecule has 0 aliphatic carbocycles. The topological polar surface area (TPSA) is 59.4 Å². The maximum absolute atomic E-state index is 13.8. The number of H-pyrrole nitrogens is 1. The maximum Gasteiger partial charge on any atom is 0.271 e. The molecule has 0 radical (unpaired) electrons. The average Bonchev–Trinajstić information content (AvgIpc) is 2.92. The summed E-state index contributed by atoms with van der Waals surface area (Å²) in [6.45, 7) is 6.52. The highest BCUT2D eigenvalue weighted by Gasteiger charge is 2.36. The minimum atomic E-state index is -0.920. The van der Waals surface area contributed by atoms with Gasteiger partial charge in [0.05, 0.1) is 27.5 Å². The smallest absolute Gasteiger partial charge is 0.271 e. The number of nitrogens with one attached hydrogen (secondary N) is 1. The summed E-state index contributed by atoms with van der Waals surface area (Å²) in [5.41, 5.74) is 0.511. The van der Waals surface area contributed by atoms with Crippen molar-refractivity contribution in [3.63, 3.8) is 0 Å². The van der Waals surface area contributed by atoms with Gasteiger partial charge in [0.1, 0.15) is 0 Å². The van der Waals surface area contributed by atoms with Crippen LogP contribution in [0.25, 0.3) is 0 Å². The van der Waals surface area contributed by atoms with Crippen LogP contribution in [0.15, 0.2) is 28.0 Å². The number of aliphatic imine (C=N–C) groups is 1. The first-order chi connectivity index (χ1) is 12.7. The van der Waals surface area contributed by atoms with Crippen LogP contribution in [0.3, 0.4) is 0 Å². The molecule has 0 bridgehead atoms. The predicted molar refractivity (Wildman–Crippen MR) is 102 cm³/mol. The lowest BCUT2D eigenvalue weighted by Gasteiger charge is -2.36. The number of hydrogen-bond acceptors (Lipinski definition) is 4. The molecule has 144 valence electrons. The molecule has 1 saturated heterocycles. The van der Waals surface area contributed by atoms with Crippen molar-refractivity contribution < 1.29 is 13.5 Å². The molecule has 0 saturated carbocycles. The van der Waals surface area contributed by atoms with Crippen LogP contribution in [0.4, 0.5) is 14.6 Å². The number of aromatic amines is 1. The Kier molecular flexibility index (Phi) is 4.50. The number of nitrogens with zero attached hydrogens (tertiary/aromatic N) is 2. The number of hydrogen-bond donors (Lipinski definition) is 1. The summed E-state index contributed by atoms with van der Waals surface area (Å²) in [5.74, 6) is -1.24. The number of aromatic nitrogens is 2. The Morgan fingerprint density at radius 2 is 2.11 bits per heavy atom. The Bertz CT molecular complexity index is 980. The van der Waals surface area contributed by atoms with Gasteiger partial charge in [-0.05, 0) is 51.3 Å². The molecule has 0 unspecified atom stereocenters. The van der Waals surface area contributed by atoms with Crippen LogP contribution < -0.4 is 5.56 Å². The lowest BCUT2D eigenvalue weighted by Crippen LogP contribution is -2.35. The molecule has 8 heteroatoms. The van der Waals surface area contributed by atoms with E-state index in [1.165, 1.54) is 17.8 Å². The highest BCUT2D eigenvalue weighted by atomic mass is 32.2. The van der Waals surface area contributed by atoms with E-state index in [0.717, 1.165) is 30.0 Å². The second-order valence-electron chi connectivity index (χ2n) is 7.61. The molecule has 0 spiro atoms. The van der Waals surface area contributed by atoms with Gasteiger partial charge in [0, 0.05) is 6.61 Å². The first-order valence-corrected chi connectivity index (χ1v) is 9.78. The Balaban J connectivity index is 1.80. The van der Waals surface area contributed by atoms with E-state index >= 15 is 0 Å². The van der Waals surface area contributed by atoms with E-state index in [0.29, 0.717) is 23.6 Å². The number of fused-ring (bicyclic) bond motifs is 1. The molecule has 2 aliphatic rings. The normalized spacial score (nSPS) is 24.4. The maximum atomic E-state index is 13.8. The van der Waals surface area contributed by atoms with Gasteiger partial charge in [-0.15, -0.1) is 0 Å². The SMILES string of the molecule is CC1=Nc2c(c(=O)[nH]n2[C@@H]2CCOC(C)(C)C2)[C@H](c2ccc(F)c(F)c2)S1. The number of ether oxygens (including phenoxy) is 1. The summed E-state index contributed by atoms with van der Waals surface area (Å²) < 4.78 is 34.7. The van der Waals surface area contributed by atoms with Crippen molar-refractivity contribution in [2.45, 2.75) is 50.5 Å². The summed E-state index contributed by atoms with van der Waals surface area (Å²) in [6, 6.07) is 3.84. The molecule has 2 aliphatic heterocycles. The van der Waals surface area contributed by atoms with E-state index in [1.54, 1.807) is 0 Å². The molecule has 1 fully saturated rings. The predicted octanol–water partition coefficient (Wildman–Crippen LogP) is 4.47. The molecule has 1 aromatic carbocycles. The molecular formula is C19H21F2N3O2S. The monoisotopic (exact) mass is 393 g/mol. The Morgan fingerprint density at radius 3 is 2.81 bits per heavy atom. The number of benzene rings is 1. The zero-order valence-corrected chi connectivity index (χ0v) is 16.2. The second kappa shape index (κ2) is 6.60. The lowest BCUT2D eigenvalue weighted by molar-refractivity contribution is -0.0705. The fourth-order valence-corrected chi connectivity index (χ4v) is 4.90. The van der Waals surface area contributed by atoms with Gasteiger partial charge < -0.3 is 4.74 Å². The molecule has 0 amide bonds. The van der Waals surface area contributed by atoms with E-state index in [9.17, 15) is 13.6 Å². The van der Waals surface area contributed by atoms with Crippen LogP contribution in [0.5, 0.6) is 0 Å². The largest absolute Gasteiger partial charge is 0.375 e. The van der Waals surface area contributed by atoms with Gasteiger partial charge in [-0.2, -0.15) is 0 Å². The highest BCUT2D eigenvalue weighted by molar-refractivity contribution is 8.14. The third-order valence-electron chi connectivity index (χ3n) is 5.03. The fraction of sp³-hybridized carbons (Fsp3) is 0.474. The Hall–Kier alpha value is -1.93. The average molecular weight is 393 g/mol. The summed E-state index contributed by atoms with van der Waals surface area (Å²) in [7, 11) is 0. The van der Waals surface area contributed by atoms with Gasteiger partial charge in [0.15, 0.2) is 17.5 Å². The lowest BCUT2D eigenvalue weighted by atomic mass is 9.94. The van der Waals surface area contributed by atoms with E-state index in [4.69, 9.17) is 4.74 Å². The van der Waals surface area contributed by atoms with Gasteiger partial charge in [0.2, 0.25) is 0 Å². The van der Waals surface area contributed by atoms with Crippen LogP contribution in [-0.4, -0.2) is 27.0 Å². The number of thioether (sulfide) groups is 1. The van der Waals surface area contributed by atoms with E-state index in [1.807, 2.05) is 25.5 Å². The highest BCUT2D eigenvalue weighted by Crippen LogP contribution is 2.45. The first-order valence-electron chi connectivity index (χ1n) is 8.90.